The molecule has 5 rings (SSSR count). The van der Waals surface area contributed by atoms with Gasteiger partial charge in [-0.2, -0.15) is 5.10 Å². The Labute approximate surface area is 186 Å². The van der Waals surface area contributed by atoms with Crippen molar-refractivity contribution in [2.75, 3.05) is 19.8 Å². The van der Waals surface area contributed by atoms with Crippen molar-refractivity contribution >= 4 is 5.91 Å². The molecule has 0 bridgehead atoms. The summed E-state index contributed by atoms with van der Waals surface area (Å²) in [6, 6.07) is 11.7. The molecular weight excluding hydrogens is 406 g/mol. The fourth-order valence-electron chi connectivity index (χ4n) is 4.34. The maximum absolute atomic E-state index is 13.0. The lowest BCUT2D eigenvalue weighted by Gasteiger charge is -2.28. The van der Waals surface area contributed by atoms with Crippen LogP contribution in [0.4, 0.5) is 0 Å². The minimum absolute atomic E-state index is 0.275. The standard InChI is InChI=1S/C24H27N5O3/c30-23-7-11-32-15-22(23)28-24(31)20-13-17(19-6-9-25-14-21(19)27-20)12-16-2-4-18(5-3-16)29-10-1-8-26-29/h1-5,8,10,13,22-23,25,30H,6-7,9,11-12,14-15H2,(H,28,31)/t22-,23-/m1/s1. The molecule has 0 aliphatic carbocycles. The molecule has 32 heavy (non-hydrogen) atoms. The molecule has 0 spiro atoms. The summed E-state index contributed by atoms with van der Waals surface area (Å²) in [7, 11) is 0. The summed E-state index contributed by atoms with van der Waals surface area (Å²) in [6.45, 7) is 2.38. The fourth-order valence-corrected chi connectivity index (χ4v) is 4.34. The van der Waals surface area contributed by atoms with Gasteiger partial charge in [0.05, 0.1) is 30.1 Å². The Morgan fingerprint density at radius 2 is 2.19 bits per heavy atom. The molecule has 2 aliphatic heterocycles. The number of ether oxygens (including phenoxy) is 1. The SMILES string of the molecule is O=C(N[C@@H]1COCC[C@H]1O)c1cc(Cc2ccc(-n3cccn3)cc2)c2c(n1)CNCC2. The smallest absolute Gasteiger partial charge is 0.270 e. The van der Waals surface area contributed by atoms with Crippen molar-refractivity contribution in [3.8, 4) is 5.69 Å². The van der Waals surface area contributed by atoms with Crippen LogP contribution in [-0.2, 0) is 24.1 Å². The predicted molar refractivity (Wildman–Crippen MR) is 119 cm³/mol. The van der Waals surface area contributed by atoms with E-state index >= 15 is 0 Å². The van der Waals surface area contributed by atoms with E-state index in [0.717, 1.165) is 41.9 Å². The summed E-state index contributed by atoms with van der Waals surface area (Å²) in [5.74, 6) is -0.275. The van der Waals surface area contributed by atoms with Crippen LogP contribution >= 0.6 is 0 Å². The number of aliphatic hydroxyl groups excluding tert-OH is 1. The quantitative estimate of drug-likeness (QED) is 0.562. The molecule has 3 N–H and O–H groups in total. The molecule has 0 radical (unpaired) electrons. The van der Waals surface area contributed by atoms with E-state index in [0.29, 0.717) is 31.9 Å². The van der Waals surface area contributed by atoms with Crippen LogP contribution in [0.3, 0.4) is 0 Å². The number of fused-ring (bicyclic) bond motifs is 1. The first-order chi connectivity index (χ1) is 15.7. The number of aliphatic hydroxyl groups is 1. The predicted octanol–water partition coefficient (Wildman–Crippen LogP) is 1.38. The lowest BCUT2D eigenvalue weighted by molar-refractivity contribution is -0.0140. The first-order valence-corrected chi connectivity index (χ1v) is 11.1. The van der Waals surface area contributed by atoms with Crippen LogP contribution in [0.2, 0.25) is 0 Å². The van der Waals surface area contributed by atoms with E-state index < -0.39 is 12.1 Å². The molecule has 0 unspecified atom stereocenters. The number of hydrogen-bond donors (Lipinski definition) is 3. The lowest BCUT2D eigenvalue weighted by atomic mass is 9.94. The average Bonchev–Trinajstić information content (AvgIpc) is 3.36. The molecule has 2 aliphatic rings. The van der Waals surface area contributed by atoms with Gasteiger partial charge in [-0.3, -0.25) is 4.79 Å². The van der Waals surface area contributed by atoms with Gasteiger partial charge in [0.25, 0.3) is 5.91 Å². The van der Waals surface area contributed by atoms with E-state index in [1.165, 1.54) is 5.56 Å². The molecule has 1 saturated heterocycles. The molecule has 166 valence electrons. The van der Waals surface area contributed by atoms with Crippen molar-refractivity contribution in [3.05, 3.63) is 76.9 Å². The van der Waals surface area contributed by atoms with Crippen molar-refractivity contribution in [3.63, 3.8) is 0 Å². The van der Waals surface area contributed by atoms with Crippen molar-refractivity contribution in [2.45, 2.75) is 38.0 Å². The number of nitrogens with one attached hydrogen (secondary N) is 2. The Balaban J connectivity index is 1.39. The van der Waals surface area contributed by atoms with Crippen LogP contribution in [0.5, 0.6) is 0 Å². The molecule has 3 aromatic rings. The highest BCUT2D eigenvalue weighted by Crippen LogP contribution is 2.23. The Morgan fingerprint density at radius 1 is 1.31 bits per heavy atom. The van der Waals surface area contributed by atoms with Crippen LogP contribution in [0, 0.1) is 0 Å². The molecule has 2 aromatic heterocycles. The third kappa shape index (κ3) is 4.43. The Morgan fingerprint density at radius 3 is 2.97 bits per heavy atom. The van der Waals surface area contributed by atoms with Crippen molar-refractivity contribution in [1.82, 2.24) is 25.4 Å². The number of carbonyl (C=O) groups is 1. The summed E-state index contributed by atoms with van der Waals surface area (Å²) in [5, 5.41) is 20.7. The minimum Gasteiger partial charge on any atom is -0.391 e. The average molecular weight is 434 g/mol. The third-order valence-electron chi connectivity index (χ3n) is 6.12. The van der Waals surface area contributed by atoms with Crippen LogP contribution in [0.25, 0.3) is 5.69 Å². The van der Waals surface area contributed by atoms with E-state index in [1.54, 1.807) is 6.20 Å². The van der Waals surface area contributed by atoms with E-state index in [1.807, 2.05) is 23.0 Å². The molecule has 4 heterocycles. The second-order valence-corrected chi connectivity index (χ2v) is 8.32. The molecule has 1 aromatic carbocycles. The summed E-state index contributed by atoms with van der Waals surface area (Å²) in [5.41, 5.74) is 5.82. The Hall–Kier alpha value is -3.07. The zero-order valence-electron chi connectivity index (χ0n) is 17.8. The summed E-state index contributed by atoms with van der Waals surface area (Å²) >= 11 is 0. The van der Waals surface area contributed by atoms with E-state index in [-0.39, 0.29) is 5.91 Å². The van der Waals surface area contributed by atoms with Gasteiger partial charge in [0.15, 0.2) is 0 Å². The lowest BCUT2D eigenvalue weighted by Crippen LogP contribution is -2.49. The molecule has 2 atom stereocenters. The topological polar surface area (TPSA) is 101 Å². The highest BCUT2D eigenvalue weighted by atomic mass is 16.5. The van der Waals surface area contributed by atoms with Gasteiger partial charge in [-0.15, -0.1) is 0 Å². The number of hydrogen-bond acceptors (Lipinski definition) is 6. The molecule has 8 heteroatoms. The van der Waals surface area contributed by atoms with Crippen LogP contribution in [0.1, 0.15) is 39.3 Å². The third-order valence-corrected chi connectivity index (χ3v) is 6.12. The van der Waals surface area contributed by atoms with Gasteiger partial charge < -0.3 is 20.5 Å². The molecule has 1 fully saturated rings. The number of nitrogens with zero attached hydrogens (tertiary/aromatic N) is 3. The number of pyridine rings is 1. The van der Waals surface area contributed by atoms with Gasteiger partial charge in [0.2, 0.25) is 0 Å². The zero-order valence-corrected chi connectivity index (χ0v) is 17.8. The summed E-state index contributed by atoms with van der Waals surface area (Å²) < 4.78 is 7.24. The second-order valence-electron chi connectivity index (χ2n) is 8.32. The fraction of sp³-hybridized carbons (Fsp3) is 0.375. The van der Waals surface area contributed by atoms with E-state index in [2.05, 4.69) is 45.0 Å². The molecular formula is C24H27N5O3. The van der Waals surface area contributed by atoms with Crippen LogP contribution in [0.15, 0.2) is 48.8 Å². The summed E-state index contributed by atoms with van der Waals surface area (Å²) in [6.07, 6.45) is 5.21. The Kier molecular flexibility index (Phi) is 5.98. The number of rotatable bonds is 5. The molecule has 8 nitrogen and oxygen atoms in total. The monoisotopic (exact) mass is 433 g/mol. The molecule has 0 saturated carbocycles. The zero-order chi connectivity index (χ0) is 21.9. The first-order valence-electron chi connectivity index (χ1n) is 11.1. The van der Waals surface area contributed by atoms with Gasteiger partial charge in [-0.25, -0.2) is 9.67 Å². The largest absolute Gasteiger partial charge is 0.391 e. The second kappa shape index (κ2) is 9.20. The van der Waals surface area contributed by atoms with Gasteiger partial charge in [-0.1, -0.05) is 12.1 Å². The van der Waals surface area contributed by atoms with E-state index in [9.17, 15) is 9.90 Å². The number of carbonyl (C=O) groups excluding carboxylic acids is 1. The summed E-state index contributed by atoms with van der Waals surface area (Å²) in [4.78, 5) is 17.6. The maximum atomic E-state index is 13.0. The van der Waals surface area contributed by atoms with Gasteiger partial charge in [-0.05, 0) is 66.8 Å². The van der Waals surface area contributed by atoms with Gasteiger partial charge in [0.1, 0.15) is 5.69 Å². The highest BCUT2D eigenvalue weighted by molar-refractivity contribution is 5.93. The van der Waals surface area contributed by atoms with E-state index in [4.69, 9.17) is 4.74 Å². The normalized spacial score (nSPS) is 20.5. The number of aromatic nitrogens is 3. The van der Waals surface area contributed by atoms with Crippen LogP contribution < -0.4 is 10.6 Å². The first kappa shape index (κ1) is 20.8. The Bertz CT molecular complexity index is 1080. The van der Waals surface area contributed by atoms with Crippen LogP contribution in [-0.4, -0.2) is 57.7 Å². The highest BCUT2D eigenvalue weighted by Gasteiger charge is 2.27. The minimum atomic E-state index is -0.597. The number of amides is 1. The van der Waals surface area contributed by atoms with Gasteiger partial charge >= 0.3 is 0 Å². The maximum Gasteiger partial charge on any atom is 0.270 e. The van der Waals surface area contributed by atoms with Crippen molar-refractivity contribution in [1.29, 1.82) is 0 Å². The molecule has 1 amide bonds. The van der Waals surface area contributed by atoms with Crippen molar-refractivity contribution in [2.24, 2.45) is 0 Å². The number of benzene rings is 1. The van der Waals surface area contributed by atoms with Gasteiger partial charge in [0, 0.05) is 25.5 Å². The van der Waals surface area contributed by atoms with Crippen molar-refractivity contribution < 1.29 is 14.6 Å².